The highest BCUT2D eigenvalue weighted by Crippen LogP contribution is 2.35. The molecular weight excluding hydrogens is 414 g/mol. The van der Waals surface area contributed by atoms with Gasteiger partial charge in [0, 0.05) is 56.6 Å². The van der Waals surface area contributed by atoms with Gasteiger partial charge in [-0.2, -0.15) is 0 Å². The first-order valence-corrected chi connectivity index (χ1v) is 10.7. The lowest BCUT2D eigenvalue weighted by molar-refractivity contribution is -0.116. The first-order chi connectivity index (χ1) is 14.7. The van der Waals surface area contributed by atoms with Crippen LogP contribution in [0.1, 0.15) is 24.0 Å². The number of piperazine rings is 1. The van der Waals surface area contributed by atoms with E-state index in [-0.39, 0.29) is 18.3 Å². The monoisotopic (exact) mass is 441 g/mol. The quantitative estimate of drug-likeness (QED) is 0.761. The van der Waals surface area contributed by atoms with Crippen molar-refractivity contribution in [1.29, 1.82) is 0 Å². The lowest BCUT2D eigenvalue weighted by Gasteiger charge is -2.36. The first-order valence-electron chi connectivity index (χ1n) is 10.7. The van der Waals surface area contributed by atoms with Crippen molar-refractivity contribution in [3.63, 3.8) is 0 Å². The number of ether oxygens (including phenoxy) is 2. The van der Waals surface area contributed by atoms with Crippen LogP contribution in [-0.4, -0.2) is 50.3 Å². The standard InChI is InChI=1S/C24H27N3O3.ClH/c28-24-9-5-19-15-18(4-7-21(19)25-24)3-1-2-10-26-11-13-27(14-12-26)20-6-8-22-23(16-20)30-17-29-22;/h1,3-4,6-8,15-16H,2,5,9-14,17H2,(H,25,28);1H. The van der Waals surface area contributed by atoms with Gasteiger partial charge >= 0.3 is 0 Å². The fourth-order valence-electron chi connectivity index (χ4n) is 4.30. The summed E-state index contributed by atoms with van der Waals surface area (Å²) in [6.07, 6.45) is 6.90. The Labute approximate surface area is 189 Å². The zero-order valence-electron chi connectivity index (χ0n) is 17.5. The van der Waals surface area contributed by atoms with Gasteiger partial charge in [0.25, 0.3) is 0 Å². The van der Waals surface area contributed by atoms with E-state index in [9.17, 15) is 4.79 Å². The highest BCUT2D eigenvalue weighted by molar-refractivity contribution is 5.94. The zero-order chi connectivity index (χ0) is 20.3. The Morgan fingerprint density at radius 3 is 2.68 bits per heavy atom. The summed E-state index contributed by atoms with van der Waals surface area (Å²) in [5.41, 5.74) is 4.61. The predicted molar refractivity (Wildman–Crippen MR) is 126 cm³/mol. The van der Waals surface area contributed by atoms with E-state index in [2.05, 4.69) is 51.5 Å². The van der Waals surface area contributed by atoms with Crippen LogP contribution in [0.3, 0.4) is 0 Å². The molecule has 2 aromatic rings. The van der Waals surface area contributed by atoms with Gasteiger partial charge in [-0.3, -0.25) is 9.69 Å². The second-order valence-electron chi connectivity index (χ2n) is 8.02. The number of hydrogen-bond acceptors (Lipinski definition) is 5. The highest BCUT2D eigenvalue weighted by Gasteiger charge is 2.20. The number of anilines is 2. The minimum absolute atomic E-state index is 0. The van der Waals surface area contributed by atoms with Gasteiger partial charge in [0.05, 0.1) is 0 Å². The topological polar surface area (TPSA) is 54.0 Å². The van der Waals surface area contributed by atoms with Crippen molar-refractivity contribution < 1.29 is 14.3 Å². The fourth-order valence-corrected chi connectivity index (χ4v) is 4.30. The Bertz CT molecular complexity index is 971. The Kier molecular flexibility index (Phi) is 6.68. The molecule has 0 unspecified atom stereocenters. The van der Waals surface area contributed by atoms with Crippen LogP contribution in [0.15, 0.2) is 42.5 Å². The lowest BCUT2D eigenvalue weighted by Crippen LogP contribution is -2.46. The molecule has 1 N–H and O–H groups in total. The third-order valence-corrected chi connectivity index (χ3v) is 6.04. The normalized spacial score (nSPS) is 17.9. The van der Waals surface area contributed by atoms with Crippen LogP contribution in [0.4, 0.5) is 11.4 Å². The maximum Gasteiger partial charge on any atom is 0.231 e. The van der Waals surface area contributed by atoms with Crippen LogP contribution in [0.5, 0.6) is 11.5 Å². The summed E-state index contributed by atoms with van der Waals surface area (Å²) in [6.45, 7) is 5.59. The average molecular weight is 442 g/mol. The van der Waals surface area contributed by atoms with E-state index in [1.807, 2.05) is 12.1 Å². The van der Waals surface area contributed by atoms with Crippen molar-refractivity contribution in [1.82, 2.24) is 4.90 Å². The van der Waals surface area contributed by atoms with E-state index >= 15 is 0 Å². The number of halogens is 1. The molecule has 2 aromatic carbocycles. The van der Waals surface area contributed by atoms with E-state index in [0.29, 0.717) is 13.2 Å². The largest absolute Gasteiger partial charge is 0.454 e. The number of fused-ring (bicyclic) bond motifs is 2. The van der Waals surface area contributed by atoms with Gasteiger partial charge in [-0.25, -0.2) is 0 Å². The number of benzene rings is 2. The van der Waals surface area contributed by atoms with E-state index in [1.165, 1.54) is 16.8 Å². The van der Waals surface area contributed by atoms with Crippen molar-refractivity contribution in [3.8, 4) is 11.5 Å². The van der Waals surface area contributed by atoms with Crippen LogP contribution in [-0.2, 0) is 11.2 Å². The first kappa shape index (κ1) is 21.5. The second kappa shape index (κ2) is 9.62. The lowest BCUT2D eigenvalue weighted by atomic mass is 10.00. The molecule has 7 heteroatoms. The molecule has 1 saturated heterocycles. The number of hydrogen-bond donors (Lipinski definition) is 1. The number of nitrogens with one attached hydrogen (secondary N) is 1. The summed E-state index contributed by atoms with van der Waals surface area (Å²) >= 11 is 0. The van der Waals surface area contributed by atoms with Gasteiger partial charge in [0.2, 0.25) is 12.7 Å². The van der Waals surface area contributed by atoms with E-state index in [0.717, 1.165) is 62.8 Å². The molecule has 0 aliphatic carbocycles. The average Bonchev–Trinajstić information content (AvgIpc) is 3.25. The maximum absolute atomic E-state index is 11.5. The van der Waals surface area contributed by atoms with Gasteiger partial charge in [-0.15, -0.1) is 12.4 Å². The summed E-state index contributed by atoms with van der Waals surface area (Å²) in [5.74, 6) is 1.81. The molecule has 164 valence electrons. The molecule has 3 heterocycles. The molecule has 3 aliphatic heterocycles. The summed E-state index contributed by atoms with van der Waals surface area (Å²) in [5, 5.41) is 2.94. The summed E-state index contributed by atoms with van der Waals surface area (Å²) in [4.78, 5) is 16.4. The highest BCUT2D eigenvalue weighted by atomic mass is 35.5. The minimum Gasteiger partial charge on any atom is -0.454 e. The Balaban J connectivity index is 0.00000231. The minimum atomic E-state index is 0. The SMILES string of the molecule is Cl.O=C1CCc2cc(C=CCCN3CCN(c4ccc5c(c4)OCO5)CC3)ccc2N1. The molecule has 3 aliphatic rings. The smallest absolute Gasteiger partial charge is 0.231 e. The molecule has 0 aromatic heterocycles. The maximum atomic E-state index is 11.5. The molecule has 0 spiro atoms. The molecule has 0 radical (unpaired) electrons. The van der Waals surface area contributed by atoms with Crippen molar-refractivity contribution in [2.75, 3.05) is 49.7 Å². The number of nitrogens with zero attached hydrogens (tertiary/aromatic N) is 2. The van der Waals surface area contributed by atoms with Crippen LogP contribution in [0, 0.1) is 0 Å². The number of carbonyl (C=O) groups is 1. The van der Waals surface area contributed by atoms with Gasteiger partial charge in [-0.05, 0) is 48.2 Å². The summed E-state index contributed by atoms with van der Waals surface area (Å²) in [7, 11) is 0. The molecule has 5 rings (SSSR count). The van der Waals surface area contributed by atoms with Crippen molar-refractivity contribution in [2.45, 2.75) is 19.3 Å². The van der Waals surface area contributed by atoms with Crippen LogP contribution < -0.4 is 19.7 Å². The number of amides is 1. The Morgan fingerprint density at radius 1 is 0.968 bits per heavy atom. The summed E-state index contributed by atoms with van der Waals surface area (Å²) in [6, 6.07) is 12.5. The van der Waals surface area contributed by atoms with Crippen LogP contribution >= 0.6 is 12.4 Å². The predicted octanol–water partition coefficient (Wildman–Crippen LogP) is 3.95. The molecule has 0 saturated carbocycles. The molecule has 6 nitrogen and oxygen atoms in total. The third kappa shape index (κ3) is 4.97. The number of aryl methyl sites for hydroxylation is 1. The zero-order valence-corrected chi connectivity index (χ0v) is 18.3. The fraction of sp³-hybridized carbons (Fsp3) is 0.375. The molecule has 1 amide bonds. The third-order valence-electron chi connectivity index (χ3n) is 6.04. The van der Waals surface area contributed by atoms with Gasteiger partial charge in [0.15, 0.2) is 11.5 Å². The second-order valence-corrected chi connectivity index (χ2v) is 8.02. The number of rotatable bonds is 5. The summed E-state index contributed by atoms with van der Waals surface area (Å²) < 4.78 is 10.9. The van der Waals surface area contributed by atoms with Gasteiger partial charge < -0.3 is 19.7 Å². The molecule has 1 fully saturated rings. The van der Waals surface area contributed by atoms with Crippen molar-refractivity contribution in [2.24, 2.45) is 0 Å². The van der Waals surface area contributed by atoms with Crippen molar-refractivity contribution >= 4 is 35.8 Å². The molecule has 0 bridgehead atoms. The van der Waals surface area contributed by atoms with E-state index in [1.54, 1.807) is 0 Å². The molecular formula is C24H28ClN3O3. The molecule has 31 heavy (non-hydrogen) atoms. The van der Waals surface area contributed by atoms with E-state index in [4.69, 9.17) is 9.47 Å². The van der Waals surface area contributed by atoms with Crippen LogP contribution in [0.2, 0.25) is 0 Å². The van der Waals surface area contributed by atoms with Crippen molar-refractivity contribution in [3.05, 3.63) is 53.6 Å². The van der Waals surface area contributed by atoms with Gasteiger partial charge in [-0.1, -0.05) is 18.2 Å². The van der Waals surface area contributed by atoms with Gasteiger partial charge in [0.1, 0.15) is 0 Å². The number of carbonyl (C=O) groups excluding carboxylic acids is 1. The van der Waals surface area contributed by atoms with Crippen LogP contribution in [0.25, 0.3) is 6.08 Å². The Morgan fingerprint density at radius 2 is 1.81 bits per heavy atom. The van der Waals surface area contributed by atoms with E-state index < -0.39 is 0 Å². The molecule has 0 atom stereocenters. The Hall–Kier alpha value is -2.70.